The number of carbonyl (C=O) groups excluding carboxylic acids is 2. The lowest BCUT2D eigenvalue weighted by atomic mass is 10.0. The Labute approximate surface area is 157 Å². The molecular formula is C22H20O5. The number of carboxylic acids is 1. The van der Waals surface area contributed by atoms with E-state index in [-0.39, 0.29) is 17.8 Å². The number of Topliss-reactive ketones (excluding diaryl/α,β-unsaturated/α-hetero) is 1. The molecule has 0 bridgehead atoms. The van der Waals surface area contributed by atoms with Crippen LogP contribution in [-0.4, -0.2) is 29.9 Å². The number of rotatable bonds is 8. The van der Waals surface area contributed by atoms with Gasteiger partial charge in [-0.05, 0) is 17.5 Å². The van der Waals surface area contributed by atoms with Gasteiger partial charge in [-0.15, -0.1) is 0 Å². The van der Waals surface area contributed by atoms with Crippen molar-refractivity contribution in [1.82, 2.24) is 0 Å². The van der Waals surface area contributed by atoms with Gasteiger partial charge in [0, 0.05) is 18.1 Å². The molecule has 0 spiro atoms. The Morgan fingerprint density at radius 3 is 2.19 bits per heavy atom. The lowest BCUT2D eigenvalue weighted by Gasteiger charge is -2.03. The number of carbonyl (C=O) groups is 3. The first-order chi connectivity index (χ1) is 13.0. The maximum absolute atomic E-state index is 12.3. The number of hydrogen-bond acceptors (Lipinski definition) is 4. The molecule has 0 saturated carbocycles. The fraction of sp³-hybridized carbons (Fsp3) is 0.136. The first-order valence-electron chi connectivity index (χ1n) is 8.39. The fourth-order valence-corrected chi connectivity index (χ4v) is 2.42. The zero-order valence-corrected chi connectivity index (χ0v) is 14.9. The summed E-state index contributed by atoms with van der Waals surface area (Å²) in [4.78, 5) is 34.4. The van der Waals surface area contributed by atoms with Gasteiger partial charge in [0.15, 0.2) is 5.78 Å². The molecule has 0 unspecified atom stereocenters. The first kappa shape index (κ1) is 19.8. The van der Waals surface area contributed by atoms with E-state index in [1.807, 2.05) is 42.5 Å². The summed E-state index contributed by atoms with van der Waals surface area (Å²) >= 11 is 0. The molecule has 0 atom stereocenters. The standard InChI is InChI=1S/C22H20O5/c1-27-21(24)15-19(22(25)26)9-5-6-10-20(23)18-13-11-17(12-14-18)16-7-3-2-4-8-16/h2-5,7-9,11-15H,6,10H2,1H3,(H,25,26)/b9-5+,19-15-. The second kappa shape index (κ2) is 9.87. The van der Waals surface area contributed by atoms with E-state index in [0.29, 0.717) is 12.0 Å². The molecular weight excluding hydrogens is 344 g/mol. The van der Waals surface area contributed by atoms with E-state index in [1.165, 1.54) is 13.2 Å². The summed E-state index contributed by atoms with van der Waals surface area (Å²) in [6.07, 6.45) is 4.35. The van der Waals surface area contributed by atoms with Crippen LogP contribution >= 0.6 is 0 Å². The van der Waals surface area contributed by atoms with E-state index in [0.717, 1.165) is 17.2 Å². The molecule has 0 fully saturated rings. The van der Waals surface area contributed by atoms with Gasteiger partial charge in [0.25, 0.3) is 0 Å². The molecule has 0 aliphatic carbocycles. The van der Waals surface area contributed by atoms with Crippen LogP contribution in [0.4, 0.5) is 0 Å². The Morgan fingerprint density at radius 2 is 1.59 bits per heavy atom. The summed E-state index contributed by atoms with van der Waals surface area (Å²) in [5.41, 5.74) is 2.53. The van der Waals surface area contributed by atoms with Crippen molar-refractivity contribution < 1.29 is 24.2 Å². The van der Waals surface area contributed by atoms with Crippen LogP contribution in [-0.2, 0) is 14.3 Å². The van der Waals surface area contributed by atoms with Crippen LogP contribution in [0, 0.1) is 0 Å². The Hall–Kier alpha value is -3.47. The first-order valence-corrected chi connectivity index (χ1v) is 8.39. The average Bonchev–Trinajstić information content (AvgIpc) is 2.70. The quantitative estimate of drug-likeness (QED) is 0.331. The predicted octanol–water partition coefficient (Wildman–Crippen LogP) is 4.06. The van der Waals surface area contributed by atoms with E-state index >= 15 is 0 Å². The van der Waals surface area contributed by atoms with Gasteiger partial charge >= 0.3 is 11.9 Å². The number of hydrogen-bond donors (Lipinski definition) is 1. The molecule has 0 heterocycles. The van der Waals surface area contributed by atoms with Gasteiger partial charge in [0.1, 0.15) is 0 Å². The van der Waals surface area contributed by atoms with Crippen molar-refractivity contribution in [3.05, 3.63) is 84.0 Å². The van der Waals surface area contributed by atoms with E-state index in [2.05, 4.69) is 4.74 Å². The Balaban J connectivity index is 1.94. The molecule has 5 heteroatoms. The molecule has 0 radical (unpaired) electrons. The van der Waals surface area contributed by atoms with E-state index < -0.39 is 11.9 Å². The molecule has 0 saturated heterocycles. The zero-order valence-electron chi connectivity index (χ0n) is 14.9. The lowest BCUT2D eigenvalue weighted by Crippen LogP contribution is -2.03. The summed E-state index contributed by atoms with van der Waals surface area (Å²) in [6.45, 7) is 0. The number of allylic oxidation sites excluding steroid dienone is 1. The molecule has 0 aliphatic rings. The summed E-state index contributed by atoms with van der Waals surface area (Å²) < 4.78 is 4.41. The van der Waals surface area contributed by atoms with Crippen LogP contribution in [0.5, 0.6) is 0 Å². The number of benzene rings is 2. The molecule has 27 heavy (non-hydrogen) atoms. The monoisotopic (exact) mass is 364 g/mol. The van der Waals surface area contributed by atoms with Crippen molar-refractivity contribution in [2.45, 2.75) is 12.8 Å². The highest BCUT2D eigenvalue weighted by Gasteiger charge is 2.08. The third kappa shape index (κ3) is 6.08. The maximum atomic E-state index is 12.3. The summed E-state index contributed by atoms with van der Waals surface area (Å²) in [7, 11) is 1.17. The Bertz CT molecular complexity index is 861. The van der Waals surface area contributed by atoms with E-state index in [9.17, 15) is 14.4 Å². The summed E-state index contributed by atoms with van der Waals surface area (Å²) in [5, 5.41) is 9.03. The highest BCUT2D eigenvalue weighted by molar-refractivity contribution is 5.98. The number of methoxy groups -OCH3 is 1. The zero-order chi connectivity index (χ0) is 19.6. The maximum Gasteiger partial charge on any atom is 0.335 e. The van der Waals surface area contributed by atoms with Crippen molar-refractivity contribution >= 4 is 17.7 Å². The van der Waals surface area contributed by atoms with Crippen LogP contribution in [0.2, 0.25) is 0 Å². The molecule has 0 aromatic heterocycles. The van der Waals surface area contributed by atoms with Gasteiger partial charge in [0.2, 0.25) is 0 Å². The molecule has 2 aromatic rings. The van der Waals surface area contributed by atoms with Crippen molar-refractivity contribution in [2.75, 3.05) is 7.11 Å². The average molecular weight is 364 g/mol. The van der Waals surface area contributed by atoms with E-state index in [1.54, 1.807) is 18.2 Å². The summed E-state index contributed by atoms with van der Waals surface area (Å²) in [5.74, 6) is -2.01. The van der Waals surface area contributed by atoms with Gasteiger partial charge in [-0.2, -0.15) is 0 Å². The van der Waals surface area contributed by atoms with E-state index in [4.69, 9.17) is 5.11 Å². The van der Waals surface area contributed by atoms with Crippen molar-refractivity contribution in [1.29, 1.82) is 0 Å². The second-order valence-corrected chi connectivity index (χ2v) is 5.74. The predicted molar refractivity (Wildman–Crippen MR) is 102 cm³/mol. The topological polar surface area (TPSA) is 80.7 Å². The number of aliphatic carboxylic acids is 1. The molecule has 2 rings (SSSR count). The third-order valence-electron chi connectivity index (χ3n) is 3.87. The Kier molecular flexibility index (Phi) is 7.26. The third-order valence-corrected chi connectivity index (χ3v) is 3.87. The van der Waals surface area contributed by atoms with Gasteiger partial charge in [0.05, 0.1) is 12.7 Å². The number of ether oxygens (including phenoxy) is 1. The van der Waals surface area contributed by atoms with Crippen LogP contribution in [0.3, 0.4) is 0 Å². The molecule has 1 N–H and O–H groups in total. The molecule has 0 amide bonds. The van der Waals surface area contributed by atoms with Crippen molar-refractivity contribution in [3.8, 4) is 11.1 Å². The molecule has 138 valence electrons. The molecule has 5 nitrogen and oxygen atoms in total. The largest absolute Gasteiger partial charge is 0.478 e. The van der Waals surface area contributed by atoms with Crippen LogP contribution in [0.25, 0.3) is 11.1 Å². The number of carboxylic acid groups (broad SMARTS) is 1. The number of esters is 1. The minimum absolute atomic E-state index is 0.0342. The lowest BCUT2D eigenvalue weighted by molar-refractivity contribution is -0.136. The highest BCUT2D eigenvalue weighted by Crippen LogP contribution is 2.20. The van der Waals surface area contributed by atoms with Crippen molar-refractivity contribution in [2.24, 2.45) is 0 Å². The van der Waals surface area contributed by atoms with Crippen LogP contribution in [0.1, 0.15) is 23.2 Å². The van der Waals surface area contributed by atoms with Crippen molar-refractivity contribution in [3.63, 3.8) is 0 Å². The Morgan fingerprint density at radius 1 is 0.963 bits per heavy atom. The smallest absolute Gasteiger partial charge is 0.335 e. The minimum atomic E-state index is -1.24. The molecule has 0 aliphatic heterocycles. The minimum Gasteiger partial charge on any atom is -0.478 e. The van der Waals surface area contributed by atoms with Gasteiger partial charge < -0.3 is 9.84 Å². The van der Waals surface area contributed by atoms with Gasteiger partial charge in [-0.25, -0.2) is 9.59 Å². The normalized spacial score (nSPS) is 11.4. The van der Waals surface area contributed by atoms with Crippen LogP contribution in [0.15, 0.2) is 78.4 Å². The SMILES string of the molecule is COC(=O)/C=C(/C=C/CCC(=O)c1ccc(-c2ccccc2)cc1)C(=O)O. The highest BCUT2D eigenvalue weighted by atomic mass is 16.5. The molecule has 2 aromatic carbocycles. The van der Waals surface area contributed by atoms with Gasteiger partial charge in [-0.3, -0.25) is 4.79 Å². The van der Waals surface area contributed by atoms with Gasteiger partial charge in [-0.1, -0.05) is 66.7 Å². The second-order valence-electron chi connectivity index (χ2n) is 5.74. The fourth-order valence-electron chi connectivity index (χ4n) is 2.42. The van der Waals surface area contributed by atoms with Crippen LogP contribution < -0.4 is 0 Å². The summed E-state index contributed by atoms with van der Waals surface area (Å²) in [6, 6.07) is 17.3. The number of ketones is 1.